The highest BCUT2D eigenvalue weighted by atomic mass is 32.1. The molecule has 1 unspecified atom stereocenters. The van der Waals surface area contributed by atoms with Crippen LogP contribution in [0.15, 0.2) is 36.4 Å². The second-order valence-electron chi connectivity index (χ2n) is 5.64. The molecule has 1 heterocycles. The Hall–Kier alpha value is -1.16. The highest BCUT2D eigenvalue weighted by Gasteiger charge is 2.19. The van der Waals surface area contributed by atoms with E-state index in [1.54, 1.807) is 0 Å². The number of fused-ring (bicyclic) bond motifs is 1. The number of rotatable bonds is 6. The molecule has 1 aliphatic carbocycles. The van der Waals surface area contributed by atoms with Gasteiger partial charge in [-0.1, -0.05) is 24.3 Å². The minimum atomic E-state index is 0.292. The molecule has 0 saturated carbocycles. The van der Waals surface area contributed by atoms with E-state index in [-0.39, 0.29) is 0 Å². The molecule has 1 aromatic carbocycles. The maximum absolute atomic E-state index is 6.09. The van der Waals surface area contributed by atoms with E-state index >= 15 is 0 Å². The third-order valence-corrected chi connectivity index (χ3v) is 5.01. The lowest BCUT2D eigenvalue weighted by Gasteiger charge is -2.25. The summed E-state index contributed by atoms with van der Waals surface area (Å²) in [6.07, 6.45) is 3.89. The smallest absolute Gasteiger partial charge is 0.0828 e. The quantitative estimate of drug-likeness (QED) is 0.806. The number of thiophene rings is 1. The third-order valence-electron chi connectivity index (χ3n) is 4.01. The molecule has 0 amide bonds. The van der Waals surface area contributed by atoms with Crippen molar-refractivity contribution in [2.45, 2.75) is 38.8 Å². The van der Waals surface area contributed by atoms with Crippen LogP contribution in [0.5, 0.6) is 0 Å². The predicted molar refractivity (Wildman–Crippen MR) is 88.8 cm³/mol. The van der Waals surface area contributed by atoms with Gasteiger partial charge in [-0.2, -0.15) is 0 Å². The van der Waals surface area contributed by atoms with Crippen molar-refractivity contribution in [3.63, 3.8) is 0 Å². The van der Waals surface area contributed by atoms with Crippen LogP contribution in [-0.4, -0.2) is 13.2 Å². The van der Waals surface area contributed by atoms with E-state index in [1.807, 2.05) is 11.3 Å². The molecule has 3 heteroatoms. The van der Waals surface area contributed by atoms with Crippen LogP contribution in [0.25, 0.3) is 0 Å². The Kier molecular flexibility index (Phi) is 5.07. The van der Waals surface area contributed by atoms with Crippen molar-refractivity contribution in [3.05, 3.63) is 57.3 Å². The Morgan fingerprint density at radius 1 is 1.24 bits per heavy atom. The first kappa shape index (κ1) is 14.8. The van der Waals surface area contributed by atoms with Crippen LogP contribution in [-0.2, 0) is 17.7 Å². The fourth-order valence-corrected chi connectivity index (χ4v) is 3.81. The number of hydrogen-bond acceptors (Lipinski definition) is 3. The number of aryl methyl sites for hydroxylation is 2. The average Bonchev–Trinajstić information content (AvgIpc) is 2.92. The van der Waals surface area contributed by atoms with Gasteiger partial charge in [-0.3, -0.25) is 0 Å². The summed E-state index contributed by atoms with van der Waals surface area (Å²) in [7, 11) is 0. The minimum absolute atomic E-state index is 0.292. The van der Waals surface area contributed by atoms with Crippen LogP contribution in [0.1, 0.15) is 39.8 Å². The van der Waals surface area contributed by atoms with Crippen molar-refractivity contribution in [2.24, 2.45) is 0 Å². The lowest BCUT2D eigenvalue weighted by atomic mass is 9.89. The molecule has 0 aliphatic heterocycles. The van der Waals surface area contributed by atoms with Gasteiger partial charge in [0.1, 0.15) is 0 Å². The van der Waals surface area contributed by atoms with Gasteiger partial charge in [-0.15, -0.1) is 11.3 Å². The Labute approximate surface area is 131 Å². The summed E-state index contributed by atoms with van der Waals surface area (Å²) in [6, 6.07) is 13.1. The molecule has 0 saturated heterocycles. The molecular formula is C18H23NOS. The number of ether oxygens (including phenoxy) is 1. The zero-order valence-corrected chi connectivity index (χ0v) is 13.4. The zero-order valence-electron chi connectivity index (χ0n) is 12.6. The Morgan fingerprint density at radius 2 is 2.14 bits per heavy atom. The van der Waals surface area contributed by atoms with Crippen LogP contribution >= 0.6 is 11.3 Å². The van der Waals surface area contributed by atoms with Gasteiger partial charge in [-0.05, 0) is 49.4 Å². The third kappa shape index (κ3) is 3.94. The lowest BCUT2D eigenvalue weighted by Crippen LogP contribution is -2.21. The lowest BCUT2D eigenvalue weighted by molar-refractivity contribution is 0.0426. The van der Waals surface area contributed by atoms with Crippen LogP contribution in [0.2, 0.25) is 0 Å². The van der Waals surface area contributed by atoms with Crippen molar-refractivity contribution in [1.29, 1.82) is 0 Å². The molecule has 0 radical (unpaired) electrons. The fraction of sp³-hybridized carbons (Fsp3) is 0.444. The SMILES string of the molecule is Cc1ccc(CNCCOC2CCCc3ccccc32)s1. The molecule has 1 aromatic heterocycles. The summed E-state index contributed by atoms with van der Waals surface area (Å²) < 4.78 is 6.09. The first-order valence-corrected chi connectivity index (χ1v) is 8.60. The first-order valence-electron chi connectivity index (χ1n) is 7.78. The van der Waals surface area contributed by atoms with Gasteiger partial charge >= 0.3 is 0 Å². The molecule has 2 aromatic rings. The highest BCUT2D eigenvalue weighted by Crippen LogP contribution is 2.31. The molecule has 1 atom stereocenters. The van der Waals surface area contributed by atoms with Crippen molar-refractivity contribution in [1.82, 2.24) is 5.32 Å². The van der Waals surface area contributed by atoms with E-state index < -0.39 is 0 Å². The zero-order chi connectivity index (χ0) is 14.5. The highest BCUT2D eigenvalue weighted by molar-refractivity contribution is 7.11. The molecular weight excluding hydrogens is 278 g/mol. The molecule has 3 rings (SSSR count). The summed E-state index contributed by atoms with van der Waals surface area (Å²) in [5, 5.41) is 3.46. The van der Waals surface area contributed by atoms with E-state index in [0.717, 1.165) is 26.1 Å². The van der Waals surface area contributed by atoms with Crippen molar-refractivity contribution < 1.29 is 4.74 Å². The van der Waals surface area contributed by atoms with E-state index in [9.17, 15) is 0 Å². The summed E-state index contributed by atoms with van der Waals surface area (Å²) in [5.41, 5.74) is 2.87. The second-order valence-corrected chi connectivity index (χ2v) is 7.01. The van der Waals surface area contributed by atoms with Crippen molar-refractivity contribution in [2.75, 3.05) is 13.2 Å². The normalized spacial score (nSPS) is 17.7. The summed E-state index contributed by atoms with van der Waals surface area (Å²) in [4.78, 5) is 2.78. The molecule has 0 bridgehead atoms. The van der Waals surface area contributed by atoms with Crippen molar-refractivity contribution >= 4 is 11.3 Å². The van der Waals surface area contributed by atoms with Crippen LogP contribution in [0, 0.1) is 6.92 Å². The number of nitrogens with one attached hydrogen (secondary N) is 1. The van der Waals surface area contributed by atoms with E-state index in [2.05, 4.69) is 48.6 Å². The van der Waals surface area contributed by atoms with Gasteiger partial charge in [0.25, 0.3) is 0 Å². The van der Waals surface area contributed by atoms with Crippen LogP contribution < -0.4 is 5.32 Å². The van der Waals surface area contributed by atoms with Crippen molar-refractivity contribution in [3.8, 4) is 0 Å². The average molecular weight is 301 g/mol. The van der Waals surface area contributed by atoms with Gasteiger partial charge < -0.3 is 10.1 Å². The number of hydrogen-bond donors (Lipinski definition) is 1. The fourth-order valence-electron chi connectivity index (χ4n) is 2.95. The standard InChI is InChI=1S/C18H23NOS/c1-14-9-10-16(21-14)13-19-11-12-20-18-8-4-6-15-5-2-3-7-17(15)18/h2-3,5,7,9-10,18-19H,4,6,8,11-13H2,1H3. The van der Waals surface area contributed by atoms with E-state index in [1.165, 1.54) is 33.7 Å². The van der Waals surface area contributed by atoms with E-state index in [0.29, 0.717) is 6.10 Å². The molecule has 1 aliphatic rings. The van der Waals surface area contributed by atoms with Gasteiger partial charge in [0.15, 0.2) is 0 Å². The molecule has 1 N–H and O–H groups in total. The first-order chi connectivity index (χ1) is 10.3. The maximum atomic E-state index is 6.09. The second kappa shape index (κ2) is 7.21. The van der Waals surface area contributed by atoms with Gasteiger partial charge in [0, 0.05) is 22.8 Å². The van der Waals surface area contributed by atoms with E-state index in [4.69, 9.17) is 4.74 Å². The molecule has 0 fully saturated rings. The molecule has 21 heavy (non-hydrogen) atoms. The van der Waals surface area contributed by atoms with Gasteiger partial charge in [0.2, 0.25) is 0 Å². The topological polar surface area (TPSA) is 21.3 Å². The predicted octanol–water partition coefficient (Wildman–Crippen LogP) is 4.24. The largest absolute Gasteiger partial charge is 0.372 e. The molecule has 112 valence electrons. The number of benzene rings is 1. The van der Waals surface area contributed by atoms with Gasteiger partial charge in [-0.25, -0.2) is 0 Å². The summed E-state index contributed by atoms with van der Waals surface area (Å²) in [6.45, 7) is 4.79. The molecule has 0 spiro atoms. The minimum Gasteiger partial charge on any atom is -0.372 e. The summed E-state index contributed by atoms with van der Waals surface area (Å²) in [5.74, 6) is 0. The van der Waals surface area contributed by atoms with Crippen LogP contribution in [0.3, 0.4) is 0 Å². The monoisotopic (exact) mass is 301 g/mol. The molecule has 2 nitrogen and oxygen atoms in total. The van der Waals surface area contributed by atoms with Crippen LogP contribution in [0.4, 0.5) is 0 Å². The Morgan fingerprint density at radius 3 is 3.00 bits per heavy atom. The summed E-state index contributed by atoms with van der Waals surface area (Å²) >= 11 is 1.86. The Bertz CT molecular complexity index is 578. The Balaban J connectivity index is 1.42. The maximum Gasteiger partial charge on any atom is 0.0828 e. The van der Waals surface area contributed by atoms with Gasteiger partial charge in [0.05, 0.1) is 12.7 Å².